The number of halogens is 1. The number of amides is 2. The van der Waals surface area contributed by atoms with Crippen molar-refractivity contribution in [2.45, 2.75) is 12.5 Å². The zero-order valence-corrected chi connectivity index (χ0v) is 13.8. The van der Waals surface area contributed by atoms with Crippen molar-refractivity contribution < 1.29 is 14.3 Å². The highest BCUT2D eigenvalue weighted by atomic mass is 79.9. The SMILES string of the molecule is O=C(NCCC1Oc2ccccc2NC1=O)c1cccc(Br)c1. The molecule has 1 atom stereocenters. The van der Waals surface area contributed by atoms with E-state index in [1.807, 2.05) is 24.3 Å². The molecule has 1 unspecified atom stereocenters. The van der Waals surface area contributed by atoms with Crippen LogP contribution < -0.4 is 15.4 Å². The molecule has 2 N–H and O–H groups in total. The number of fused-ring (bicyclic) bond motifs is 1. The Bertz CT molecular complexity index is 748. The summed E-state index contributed by atoms with van der Waals surface area (Å²) in [7, 11) is 0. The second-order valence-electron chi connectivity index (χ2n) is 5.15. The van der Waals surface area contributed by atoms with Gasteiger partial charge in [-0.25, -0.2) is 0 Å². The summed E-state index contributed by atoms with van der Waals surface area (Å²) in [6.07, 6.45) is -0.201. The van der Waals surface area contributed by atoms with Gasteiger partial charge in [-0.1, -0.05) is 34.1 Å². The monoisotopic (exact) mass is 374 g/mol. The highest BCUT2D eigenvalue weighted by molar-refractivity contribution is 9.10. The first kappa shape index (κ1) is 15.6. The van der Waals surface area contributed by atoms with Crippen LogP contribution in [0.3, 0.4) is 0 Å². The molecule has 1 aliphatic heterocycles. The molecule has 0 radical (unpaired) electrons. The number of hydrogen-bond donors (Lipinski definition) is 2. The van der Waals surface area contributed by atoms with Crippen LogP contribution in [0.15, 0.2) is 53.0 Å². The lowest BCUT2D eigenvalue weighted by molar-refractivity contribution is -0.123. The smallest absolute Gasteiger partial charge is 0.265 e. The predicted molar refractivity (Wildman–Crippen MR) is 90.6 cm³/mol. The third-order valence-electron chi connectivity index (χ3n) is 3.49. The fourth-order valence-corrected chi connectivity index (χ4v) is 2.73. The van der Waals surface area contributed by atoms with Gasteiger partial charge in [-0.2, -0.15) is 0 Å². The van der Waals surface area contributed by atoms with E-state index >= 15 is 0 Å². The van der Waals surface area contributed by atoms with Gasteiger partial charge in [0.15, 0.2) is 6.10 Å². The summed E-state index contributed by atoms with van der Waals surface area (Å²) in [5, 5.41) is 5.60. The number of ether oxygens (including phenoxy) is 1. The lowest BCUT2D eigenvalue weighted by Gasteiger charge is -2.25. The van der Waals surface area contributed by atoms with Crippen molar-refractivity contribution in [3.8, 4) is 5.75 Å². The average Bonchev–Trinajstić information content (AvgIpc) is 2.55. The molecule has 3 rings (SSSR count). The Balaban J connectivity index is 1.55. The lowest BCUT2D eigenvalue weighted by Crippen LogP contribution is -2.39. The first-order valence-corrected chi connectivity index (χ1v) is 8.03. The van der Waals surface area contributed by atoms with Gasteiger partial charge in [0.05, 0.1) is 5.69 Å². The Hall–Kier alpha value is -2.34. The van der Waals surface area contributed by atoms with Crippen LogP contribution in [0.4, 0.5) is 5.69 Å². The van der Waals surface area contributed by atoms with Gasteiger partial charge in [-0.3, -0.25) is 9.59 Å². The van der Waals surface area contributed by atoms with Crippen LogP contribution in [0.2, 0.25) is 0 Å². The third-order valence-corrected chi connectivity index (χ3v) is 3.98. The van der Waals surface area contributed by atoms with Gasteiger partial charge in [0.2, 0.25) is 0 Å². The molecule has 0 bridgehead atoms. The number of para-hydroxylation sites is 2. The van der Waals surface area contributed by atoms with E-state index in [9.17, 15) is 9.59 Å². The molecule has 0 saturated carbocycles. The molecule has 0 fully saturated rings. The van der Waals surface area contributed by atoms with Gasteiger partial charge in [0, 0.05) is 23.0 Å². The summed E-state index contributed by atoms with van der Waals surface area (Å²) >= 11 is 3.33. The van der Waals surface area contributed by atoms with Crippen molar-refractivity contribution in [3.63, 3.8) is 0 Å². The minimum Gasteiger partial charge on any atom is -0.478 e. The normalized spacial score (nSPS) is 16.0. The van der Waals surface area contributed by atoms with E-state index in [0.717, 1.165) is 4.47 Å². The van der Waals surface area contributed by atoms with E-state index in [2.05, 4.69) is 26.6 Å². The van der Waals surface area contributed by atoms with Crippen LogP contribution in [0.5, 0.6) is 5.75 Å². The van der Waals surface area contributed by atoms with Crippen LogP contribution in [-0.2, 0) is 4.79 Å². The van der Waals surface area contributed by atoms with Crippen LogP contribution in [0.25, 0.3) is 0 Å². The number of rotatable bonds is 4. The molecule has 118 valence electrons. The molecule has 1 heterocycles. The van der Waals surface area contributed by atoms with Crippen molar-refractivity contribution in [1.29, 1.82) is 0 Å². The fourth-order valence-electron chi connectivity index (χ4n) is 2.33. The molecular formula is C17H15BrN2O3. The van der Waals surface area contributed by atoms with E-state index in [1.165, 1.54) is 0 Å². The Morgan fingerprint density at radius 1 is 1.22 bits per heavy atom. The van der Waals surface area contributed by atoms with Gasteiger partial charge < -0.3 is 15.4 Å². The molecule has 6 heteroatoms. The zero-order chi connectivity index (χ0) is 16.2. The summed E-state index contributed by atoms with van der Waals surface area (Å²) in [4.78, 5) is 24.0. The second-order valence-corrected chi connectivity index (χ2v) is 6.06. The van der Waals surface area contributed by atoms with Crippen LogP contribution in [0.1, 0.15) is 16.8 Å². The maximum absolute atomic E-state index is 12.0. The number of carbonyl (C=O) groups is 2. The van der Waals surface area contributed by atoms with Crippen LogP contribution in [-0.4, -0.2) is 24.5 Å². The van der Waals surface area contributed by atoms with Crippen molar-refractivity contribution in [2.75, 3.05) is 11.9 Å². The number of carbonyl (C=O) groups excluding carboxylic acids is 2. The van der Waals surface area contributed by atoms with Gasteiger partial charge >= 0.3 is 0 Å². The molecule has 0 saturated heterocycles. The fraction of sp³-hybridized carbons (Fsp3) is 0.176. The summed E-state index contributed by atoms with van der Waals surface area (Å²) in [5.74, 6) is 0.277. The molecule has 0 spiro atoms. The molecule has 0 aromatic heterocycles. The minimum atomic E-state index is -0.604. The summed E-state index contributed by atoms with van der Waals surface area (Å²) in [6, 6.07) is 14.4. The number of benzene rings is 2. The van der Waals surface area contributed by atoms with E-state index < -0.39 is 6.10 Å². The second kappa shape index (κ2) is 6.83. The zero-order valence-electron chi connectivity index (χ0n) is 12.2. The molecule has 2 aromatic carbocycles. The quantitative estimate of drug-likeness (QED) is 0.864. The molecule has 23 heavy (non-hydrogen) atoms. The third kappa shape index (κ3) is 3.71. The van der Waals surface area contributed by atoms with E-state index in [0.29, 0.717) is 30.0 Å². The van der Waals surface area contributed by atoms with Crippen molar-refractivity contribution >= 4 is 33.4 Å². The highest BCUT2D eigenvalue weighted by Crippen LogP contribution is 2.29. The van der Waals surface area contributed by atoms with Gasteiger partial charge in [0.25, 0.3) is 11.8 Å². The molecule has 5 nitrogen and oxygen atoms in total. The average molecular weight is 375 g/mol. The Kier molecular flexibility index (Phi) is 4.62. The van der Waals surface area contributed by atoms with Crippen LogP contribution >= 0.6 is 15.9 Å². The Labute approximate surface area is 142 Å². The van der Waals surface area contributed by atoms with Crippen molar-refractivity contribution in [1.82, 2.24) is 5.32 Å². The predicted octanol–water partition coefficient (Wildman–Crippen LogP) is 2.97. The van der Waals surface area contributed by atoms with Gasteiger partial charge in [0.1, 0.15) is 5.75 Å². The summed E-state index contributed by atoms with van der Waals surface area (Å²) in [5.41, 5.74) is 1.24. The largest absolute Gasteiger partial charge is 0.478 e. The standard InChI is InChI=1S/C17H15BrN2O3/c18-12-5-3-4-11(10-12)16(21)19-9-8-15-17(22)20-13-6-1-2-7-14(13)23-15/h1-7,10,15H,8-9H2,(H,19,21)(H,20,22). The maximum Gasteiger partial charge on any atom is 0.265 e. The van der Waals surface area contributed by atoms with Crippen molar-refractivity contribution in [3.05, 3.63) is 58.6 Å². The summed E-state index contributed by atoms with van der Waals surface area (Å²) in [6.45, 7) is 0.353. The first-order chi connectivity index (χ1) is 11.1. The number of hydrogen-bond acceptors (Lipinski definition) is 3. The number of anilines is 1. The van der Waals surface area contributed by atoms with E-state index in [-0.39, 0.29) is 11.8 Å². The molecular weight excluding hydrogens is 360 g/mol. The van der Waals surface area contributed by atoms with E-state index in [4.69, 9.17) is 4.74 Å². The molecule has 1 aliphatic rings. The molecule has 0 aliphatic carbocycles. The van der Waals surface area contributed by atoms with Crippen molar-refractivity contribution in [2.24, 2.45) is 0 Å². The Morgan fingerprint density at radius 2 is 2.04 bits per heavy atom. The topological polar surface area (TPSA) is 67.4 Å². The number of nitrogens with one attached hydrogen (secondary N) is 2. The summed E-state index contributed by atoms with van der Waals surface area (Å²) < 4.78 is 6.52. The van der Waals surface area contributed by atoms with Gasteiger partial charge in [-0.05, 0) is 30.3 Å². The first-order valence-electron chi connectivity index (χ1n) is 7.24. The molecule has 2 amide bonds. The molecule has 2 aromatic rings. The lowest BCUT2D eigenvalue weighted by atomic mass is 10.1. The van der Waals surface area contributed by atoms with E-state index in [1.54, 1.807) is 24.3 Å². The van der Waals surface area contributed by atoms with Gasteiger partial charge in [-0.15, -0.1) is 0 Å². The van der Waals surface area contributed by atoms with Crippen LogP contribution in [0, 0.1) is 0 Å². The minimum absolute atomic E-state index is 0.178. The Morgan fingerprint density at radius 3 is 2.87 bits per heavy atom. The maximum atomic E-state index is 12.0. The highest BCUT2D eigenvalue weighted by Gasteiger charge is 2.26.